The molecule has 0 N–H and O–H groups in total. The highest BCUT2D eigenvalue weighted by Gasteiger charge is 2.19. The second-order valence-corrected chi connectivity index (χ2v) is 20.6. The van der Waals surface area contributed by atoms with E-state index in [9.17, 15) is 14.4 Å². The van der Waals surface area contributed by atoms with E-state index in [1.54, 1.807) is 0 Å². The summed E-state index contributed by atoms with van der Waals surface area (Å²) >= 11 is 0. The third-order valence-corrected chi connectivity index (χ3v) is 13.2. The van der Waals surface area contributed by atoms with Crippen LogP contribution in [0, 0.1) is 0 Å². The Kier molecular flexibility index (Phi) is 59.9. The summed E-state index contributed by atoms with van der Waals surface area (Å²) in [4.78, 5) is 38.3. The van der Waals surface area contributed by atoms with Crippen LogP contribution >= 0.6 is 0 Å². The molecule has 0 spiro atoms. The Balaban J connectivity index is 4.43. The fourth-order valence-corrected chi connectivity index (χ4v) is 8.45. The third kappa shape index (κ3) is 60.7. The van der Waals surface area contributed by atoms with Crippen LogP contribution < -0.4 is 0 Å². The molecule has 0 aliphatic heterocycles. The van der Waals surface area contributed by atoms with Crippen molar-refractivity contribution in [1.82, 2.24) is 0 Å². The number of carbonyl (C=O) groups is 3. The number of ether oxygens (including phenoxy) is 3. The zero-order valence-corrected chi connectivity index (χ0v) is 49.5. The van der Waals surface area contributed by atoms with E-state index in [2.05, 4.69) is 142 Å². The predicted molar refractivity (Wildman–Crippen MR) is 330 cm³/mol. The van der Waals surface area contributed by atoms with Crippen LogP contribution in [0.25, 0.3) is 0 Å². The first-order valence-corrected chi connectivity index (χ1v) is 31.5. The Morgan fingerprint density at radius 2 is 0.513 bits per heavy atom. The van der Waals surface area contributed by atoms with Gasteiger partial charge >= 0.3 is 17.9 Å². The van der Waals surface area contributed by atoms with E-state index in [1.165, 1.54) is 96.3 Å². The molecule has 0 amide bonds. The third-order valence-electron chi connectivity index (χ3n) is 13.2. The molecule has 1 atom stereocenters. The summed E-state index contributed by atoms with van der Waals surface area (Å²) in [5.41, 5.74) is 0. The zero-order valence-electron chi connectivity index (χ0n) is 49.5. The predicted octanol–water partition coefficient (Wildman–Crippen LogP) is 21.6. The lowest BCUT2D eigenvalue weighted by Crippen LogP contribution is -2.30. The van der Waals surface area contributed by atoms with Crippen molar-refractivity contribution in [2.75, 3.05) is 13.2 Å². The maximum Gasteiger partial charge on any atom is 0.306 e. The first-order valence-electron chi connectivity index (χ1n) is 31.5. The standard InChI is InChI=1S/C70H116O6/c1-4-7-10-13-16-19-22-25-28-30-32-33-34-35-36-37-38-40-42-45-48-51-54-57-60-63-69(72)75-66-67(65-74-68(71)62-59-56-53-50-47-44-41-27-24-21-18-15-12-9-6-3)76-70(73)64-61-58-55-52-49-46-43-39-31-29-26-23-20-17-14-11-8-5-2/h7,10,16,18-21,23,25,27-29,31-33,35-36,38,40-41,67H,4-6,8-9,11-15,17,22,24,26,30,34,37,39,42-66H2,1-3H3/b10-7-,19-16-,21-18-,23-20-,28-25-,31-29-,33-32-,36-35-,40-38-,41-27-. The average Bonchev–Trinajstić information content (AvgIpc) is 3.42. The minimum Gasteiger partial charge on any atom is -0.462 e. The molecule has 6 nitrogen and oxygen atoms in total. The normalized spacial score (nSPS) is 12.9. The molecule has 0 saturated carbocycles. The van der Waals surface area contributed by atoms with Crippen molar-refractivity contribution in [2.45, 2.75) is 290 Å². The second kappa shape index (κ2) is 63.3. The summed E-state index contributed by atoms with van der Waals surface area (Å²) in [7, 11) is 0. The summed E-state index contributed by atoms with van der Waals surface area (Å²) in [6.07, 6.45) is 87.6. The molecule has 0 aliphatic rings. The van der Waals surface area contributed by atoms with Crippen molar-refractivity contribution < 1.29 is 28.6 Å². The summed E-state index contributed by atoms with van der Waals surface area (Å²) in [6.45, 7) is 6.46. The van der Waals surface area contributed by atoms with Crippen LogP contribution in [-0.2, 0) is 28.6 Å². The number of hydrogen-bond donors (Lipinski definition) is 0. The number of allylic oxidation sites excluding steroid dienone is 20. The van der Waals surface area contributed by atoms with Gasteiger partial charge in [-0.05, 0) is 135 Å². The van der Waals surface area contributed by atoms with Gasteiger partial charge in [-0.2, -0.15) is 0 Å². The molecule has 0 aromatic rings. The summed E-state index contributed by atoms with van der Waals surface area (Å²) in [6, 6.07) is 0. The van der Waals surface area contributed by atoms with Crippen LogP contribution in [-0.4, -0.2) is 37.2 Å². The van der Waals surface area contributed by atoms with Gasteiger partial charge in [-0.15, -0.1) is 0 Å². The van der Waals surface area contributed by atoms with Gasteiger partial charge in [0.1, 0.15) is 13.2 Å². The SMILES string of the molecule is CC/C=C\C/C=C\C/C=C\C/C=C\C/C=C\C/C=C\CCCCCCCCC(=O)OCC(COC(=O)CCCCCCC/C=C\C/C=C\CCCCC)OC(=O)CCCCCCCCC/C=C\C/C=C\CCCCCC. The maximum atomic E-state index is 12.9. The zero-order chi connectivity index (χ0) is 55.0. The lowest BCUT2D eigenvalue weighted by Gasteiger charge is -2.18. The maximum absolute atomic E-state index is 12.9. The van der Waals surface area contributed by atoms with Crippen molar-refractivity contribution >= 4 is 17.9 Å². The number of rotatable bonds is 56. The Labute approximate surface area is 469 Å². The fraction of sp³-hybridized carbons (Fsp3) is 0.671. The van der Waals surface area contributed by atoms with Crippen molar-refractivity contribution in [3.05, 3.63) is 122 Å². The lowest BCUT2D eigenvalue weighted by atomic mass is 10.1. The first kappa shape index (κ1) is 71.8. The molecule has 0 aromatic heterocycles. The molecule has 76 heavy (non-hydrogen) atoms. The molecule has 0 aromatic carbocycles. The van der Waals surface area contributed by atoms with Gasteiger partial charge < -0.3 is 14.2 Å². The van der Waals surface area contributed by atoms with E-state index in [0.717, 1.165) is 148 Å². The fourth-order valence-electron chi connectivity index (χ4n) is 8.45. The van der Waals surface area contributed by atoms with E-state index < -0.39 is 6.10 Å². The van der Waals surface area contributed by atoms with Gasteiger partial charge in [-0.25, -0.2) is 0 Å². The Morgan fingerprint density at radius 1 is 0.276 bits per heavy atom. The first-order chi connectivity index (χ1) is 37.5. The second-order valence-electron chi connectivity index (χ2n) is 20.6. The number of carbonyl (C=O) groups excluding carboxylic acids is 3. The van der Waals surface area contributed by atoms with E-state index in [4.69, 9.17) is 14.2 Å². The molecule has 0 radical (unpaired) electrons. The highest BCUT2D eigenvalue weighted by molar-refractivity contribution is 5.71. The molecule has 0 fully saturated rings. The molecule has 432 valence electrons. The van der Waals surface area contributed by atoms with Crippen LogP contribution in [0.4, 0.5) is 0 Å². The van der Waals surface area contributed by atoms with Gasteiger partial charge in [-0.3, -0.25) is 14.4 Å². The van der Waals surface area contributed by atoms with Crippen LogP contribution in [0.15, 0.2) is 122 Å². The van der Waals surface area contributed by atoms with Crippen LogP contribution in [0.1, 0.15) is 284 Å². The van der Waals surface area contributed by atoms with Gasteiger partial charge in [0, 0.05) is 19.3 Å². The van der Waals surface area contributed by atoms with Gasteiger partial charge in [-0.1, -0.05) is 251 Å². The molecule has 0 rings (SSSR count). The molecular formula is C70H116O6. The van der Waals surface area contributed by atoms with Gasteiger partial charge in [0.15, 0.2) is 6.10 Å². The number of esters is 3. The Hall–Kier alpha value is -4.19. The molecule has 0 saturated heterocycles. The van der Waals surface area contributed by atoms with Crippen LogP contribution in [0.3, 0.4) is 0 Å². The summed E-state index contributed by atoms with van der Waals surface area (Å²) in [5.74, 6) is -0.927. The molecule has 1 unspecified atom stereocenters. The Morgan fingerprint density at radius 3 is 0.829 bits per heavy atom. The van der Waals surface area contributed by atoms with Crippen molar-refractivity contribution in [3.8, 4) is 0 Å². The van der Waals surface area contributed by atoms with Crippen molar-refractivity contribution in [1.29, 1.82) is 0 Å². The largest absolute Gasteiger partial charge is 0.462 e. The van der Waals surface area contributed by atoms with E-state index in [0.29, 0.717) is 19.3 Å². The van der Waals surface area contributed by atoms with Crippen LogP contribution in [0.2, 0.25) is 0 Å². The van der Waals surface area contributed by atoms with Gasteiger partial charge in [0.25, 0.3) is 0 Å². The van der Waals surface area contributed by atoms with E-state index in [-0.39, 0.29) is 31.1 Å². The van der Waals surface area contributed by atoms with Crippen molar-refractivity contribution in [2.24, 2.45) is 0 Å². The van der Waals surface area contributed by atoms with E-state index in [1.807, 2.05) is 0 Å². The molecule has 0 bridgehead atoms. The van der Waals surface area contributed by atoms with Crippen molar-refractivity contribution in [3.63, 3.8) is 0 Å². The van der Waals surface area contributed by atoms with Gasteiger partial charge in [0.2, 0.25) is 0 Å². The minimum atomic E-state index is -0.799. The molecule has 0 aliphatic carbocycles. The molecular weight excluding hydrogens is 937 g/mol. The molecule has 6 heteroatoms. The minimum absolute atomic E-state index is 0.0955. The monoisotopic (exact) mass is 1050 g/mol. The number of unbranched alkanes of at least 4 members (excludes halogenated alkanes) is 25. The molecule has 0 heterocycles. The lowest BCUT2D eigenvalue weighted by molar-refractivity contribution is -0.167. The van der Waals surface area contributed by atoms with Gasteiger partial charge in [0.05, 0.1) is 0 Å². The highest BCUT2D eigenvalue weighted by atomic mass is 16.6. The quantitative estimate of drug-likeness (QED) is 0.0261. The average molecular weight is 1050 g/mol. The smallest absolute Gasteiger partial charge is 0.306 e. The Bertz CT molecular complexity index is 1590. The summed E-state index contributed by atoms with van der Waals surface area (Å²) < 4.78 is 16.9. The van der Waals surface area contributed by atoms with E-state index >= 15 is 0 Å². The summed E-state index contributed by atoms with van der Waals surface area (Å²) in [5, 5.41) is 0. The van der Waals surface area contributed by atoms with Crippen LogP contribution in [0.5, 0.6) is 0 Å². The number of hydrogen-bond acceptors (Lipinski definition) is 6. The highest BCUT2D eigenvalue weighted by Crippen LogP contribution is 2.14. The topological polar surface area (TPSA) is 78.9 Å².